The van der Waals surface area contributed by atoms with Gasteiger partial charge in [-0.1, -0.05) is 35.5 Å². The molecule has 0 saturated heterocycles. The van der Waals surface area contributed by atoms with Crippen molar-refractivity contribution in [3.05, 3.63) is 100 Å². The molecular weight excluding hydrogens is 401 g/mol. The first-order valence-corrected chi connectivity index (χ1v) is 9.57. The number of rotatable bonds is 7. The standard InChI is InChI=1S/C22H18FN5O3/c23-17-8-6-16(7-9-17)18-10-11-20(29)28(26-18)14-19-25-22(31-27-19)21(30)24-13-12-15-4-2-1-3-5-15/h1-11H,12-14H2,(H,24,30). The molecule has 1 amide bonds. The van der Waals surface area contributed by atoms with Crippen LogP contribution in [0.25, 0.3) is 11.3 Å². The highest BCUT2D eigenvalue weighted by atomic mass is 19.1. The van der Waals surface area contributed by atoms with Gasteiger partial charge < -0.3 is 9.84 Å². The molecule has 0 spiro atoms. The largest absolute Gasteiger partial charge is 0.347 e. The third-order valence-electron chi connectivity index (χ3n) is 4.50. The number of nitrogens with one attached hydrogen (secondary N) is 1. The molecule has 8 nitrogen and oxygen atoms in total. The Morgan fingerprint density at radius 3 is 2.58 bits per heavy atom. The smallest absolute Gasteiger partial charge is 0.316 e. The van der Waals surface area contributed by atoms with Crippen molar-refractivity contribution in [1.82, 2.24) is 25.2 Å². The number of amides is 1. The summed E-state index contributed by atoms with van der Waals surface area (Å²) in [4.78, 5) is 28.4. The molecule has 0 aliphatic carbocycles. The van der Waals surface area contributed by atoms with Gasteiger partial charge in [0.1, 0.15) is 12.4 Å². The van der Waals surface area contributed by atoms with Gasteiger partial charge >= 0.3 is 11.8 Å². The zero-order valence-electron chi connectivity index (χ0n) is 16.4. The molecule has 31 heavy (non-hydrogen) atoms. The van der Waals surface area contributed by atoms with Crippen molar-refractivity contribution in [3.63, 3.8) is 0 Å². The highest BCUT2D eigenvalue weighted by molar-refractivity contribution is 5.89. The van der Waals surface area contributed by atoms with Crippen LogP contribution in [0.4, 0.5) is 4.39 Å². The van der Waals surface area contributed by atoms with E-state index in [4.69, 9.17) is 4.52 Å². The molecular formula is C22H18FN5O3. The summed E-state index contributed by atoms with van der Waals surface area (Å²) >= 11 is 0. The zero-order valence-corrected chi connectivity index (χ0v) is 16.4. The molecule has 4 aromatic rings. The van der Waals surface area contributed by atoms with Crippen LogP contribution >= 0.6 is 0 Å². The van der Waals surface area contributed by atoms with Gasteiger partial charge in [-0.05, 0) is 42.3 Å². The maximum atomic E-state index is 13.1. The Hall–Kier alpha value is -4.14. The topological polar surface area (TPSA) is 103 Å². The van der Waals surface area contributed by atoms with E-state index >= 15 is 0 Å². The molecule has 0 saturated carbocycles. The number of hydrogen-bond acceptors (Lipinski definition) is 6. The predicted molar refractivity (Wildman–Crippen MR) is 110 cm³/mol. The summed E-state index contributed by atoms with van der Waals surface area (Å²) in [5.41, 5.74) is 1.87. The van der Waals surface area contributed by atoms with Crippen molar-refractivity contribution in [2.75, 3.05) is 6.54 Å². The van der Waals surface area contributed by atoms with Gasteiger partial charge in [0, 0.05) is 18.2 Å². The van der Waals surface area contributed by atoms with Crippen LogP contribution in [0.3, 0.4) is 0 Å². The first kappa shape index (κ1) is 20.1. The lowest BCUT2D eigenvalue weighted by molar-refractivity contribution is 0.0910. The number of benzene rings is 2. The van der Waals surface area contributed by atoms with Crippen LogP contribution in [0.2, 0.25) is 0 Å². The van der Waals surface area contributed by atoms with E-state index in [1.54, 1.807) is 18.2 Å². The van der Waals surface area contributed by atoms with Crippen LogP contribution in [0.1, 0.15) is 22.1 Å². The van der Waals surface area contributed by atoms with Crippen molar-refractivity contribution in [2.45, 2.75) is 13.0 Å². The lowest BCUT2D eigenvalue weighted by atomic mass is 10.1. The maximum Gasteiger partial charge on any atom is 0.316 e. The van der Waals surface area contributed by atoms with Gasteiger partial charge in [-0.15, -0.1) is 0 Å². The Morgan fingerprint density at radius 1 is 1.03 bits per heavy atom. The van der Waals surface area contributed by atoms with E-state index in [9.17, 15) is 14.0 Å². The van der Waals surface area contributed by atoms with Crippen LogP contribution in [0, 0.1) is 5.82 Å². The van der Waals surface area contributed by atoms with Crippen LogP contribution in [-0.4, -0.2) is 32.4 Å². The molecule has 0 atom stereocenters. The zero-order chi connectivity index (χ0) is 21.6. The van der Waals surface area contributed by atoms with E-state index in [0.717, 1.165) is 10.2 Å². The van der Waals surface area contributed by atoms with Gasteiger partial charge in [-0.25, -0.2) is 9.07 Å². The average molecular weight is 419 g/mol. The summed E-state index contributed by atoms with van der Waals surface area (Å²) in [5.74, 6) is -0.904. The van der Waals surface area contributed by atoms with Gasteiger partial charge in [0.05, 0.1) is 5.69 Å². The first-order chi connectivity index (χ1) is 15.1. The normalized spacial score (nSPS) is 10.7. The molecule has 2 aromatic heterocycles. The molecule has 0 bridgehead atoms. The van der Waals surface area contributed by atoms with Gasteiger partial charge in [0.2, 0.25) is 0 Å². The Balaban J connectivity index is 1.41. The third kappa shape index (κ3) is 5.08. The Kier molecular flexibility index (Phi) is 5.93. The molecule has 2 heterocycles. The van der Waals surface area contributed by atoms with Gasteiger partial charge in [0.15, 0.2) is 5.82 Å². The predicted octanol–water partition coefficient (Wildman–Crippen LogP) is 2.45. The van der Waals surface area contributed by atoms with Crippen molar-refractivity contribution < 1.29 is 13.7 Å². The second-order valence-corrected chi connectivity index (χ2v) is 6.73. The minimum atomic E-state index is -0.491. The summed E-state index contributed by atoms with van der Waals surface area (Å²) in [6.07, 6.45) is 0.670. The summed E-state index contributed by atoms with van der Waals surface area (Å²) in [7, 11) is 0. The fourth-order valence-corrected chi connectivity index (χ4v) is 2.92. The second kappa shape index (κ2) is 9.12. The number of carbonyl (C=O) groups is 1. The molecule has 0 aliphatic rings. The van der Waals surface area contributed by atoms with Crippen molar-refractivity contribution in [3.8, 4) is 11.3 Å². The van der Waals surface area contributed by atoms with Gasteiger partial charge in [-0.2, -0.15) is 10.1 Å². The van der Waals surface area contributed by atoms with E-state index in [1.807, 2.05) is 30.3 Å². The quantitative estimate of drug-likeness (QED) is 0.494. The molecule has 0 aliphatic heterocycles. The van der Waals surface area contributed by atoms with E-state index in [-0.39, 0.29) is 29.6 Å². The summed E-state index contributed by atoms with van der Waals surface area (Å²) in [6, 6.07) is 18.4. The van der Waals surface area contributed by atoms with Crippen molar-refractivity contribution in [2.24, 2.45) is 0 Å². The van der Waals surface area contributed by atoms with Crippen LogP contribution in [0.15, 0.2) is 76.0 Å². The van der Waals surface area contributed by atoms with E-state index in [2.05, 4.69) is 20.6 Å². The molecule has 4 rings (SSSR count). The summed E-state index contributed by atoms with van der Waals surface area (Å²) in [5, 5.41) is 10.7. The Bertz CT molecular complexity index is 1240. The minimum absolute atomic E-state index is 0.0747. The molecule has 1 N–H and O–H groups in total. The Labute approximate surface area is 176 Å². The molecule has 0 fully saturated rings. The molecule has 0 radical (unpaired) electrons. The third-order valence-corrected chi connectivity index (χ3v) is 4.50. The number of nitrogens with zero attached hydrogens (tertiary/aromatic N) is 4. The monoisotopic (exact) mass is 419 g/mol. The van der Waals surface area contributed by atoms with E-state index in [1.165, 1.54) is 18.2 Å². The lowest BCUT2D eigenvalue weighted by Crippen LogP contribution is -2.26. The number of halogens is 1. The highest BCUT2D eigenvalue weighted by Gasteiger charge is 2.16. The number of carbonyl (C=O) groups excluding carboxylic acids is 1. The molecule has 9 heteroatoms. The van der Waals surface area contributed by atoms with E-state index < -0.39 is 5.91 Å². The minimum Gasteiger partial charge on any atom is -0.347 e. The van der Waals surface area contributed by atoms with Crippen LogP contribution in [-0.2, 0) is 13.0 Å². The van der Waals surface area contributed by atoms with Crippen molar-refractivity contribution in [1.29, 1.82) is 0 Å². The van der Waals surface area contributed by atoms with Crippen LogP contribution in [0.5, 0.6) is 0 Å². The summed E-state index contributed by atoms with van der Waals surface area (Å²) < 4.78 is 19.3. The lowest BCUT2D eigenvalue weighted by Gasteiger charge is -2.05. The van der Waals surface area contributed by atoms with Crippen LogP contribution < -0.4 is 10.9 Å². The number of aromatic nitrogens is 4. The fourth-order valence-electron chi connectivity index (χ4n) is 2.92. The van der Waals surface area contributed by atoms with E-state index in [0.29, 0.717) is 24.2 Å². The van der Waals surface area contributed by atoms with Gasteiger partial charge in [-0.3, -0.25) is 9.59 Å². The summed E-state index contributed by atoms with van der Waals surface area (Å²) in [6.45, 7) is 0.343. The van der Waals surface area contributed by atoms with Gasteiger partial charge in [0.25, 0.3) is 5.56 Å². The number of hydrogen-bond donors (Lipinski definition) is 1. The SMILES string of the molecule is O=C(NCCc1ccccc1)c1nc(Cn2nc(-c3ccc(F)cc3)ccc2=O)no1. The highest BCUT2D eigenvalue weighted by Crippen LogP contribution is 2.15. The fraction of sp³-hybridized carbons (Fsp3) is 0.136. The van der Waals surface area contributed by atoms with Crippen molar-refractivity contribution >= 4 is 5.91 Å². The molecule has 156 valence electrons. The molecule has 2 aromatic carbocycles. The first-order valence-electron chi connectivity index (χ1n) is 9.57. The molecule has 0 unspecified atom stereocenters. The average Bonchev–Trinajstić information content (AvgIpc) is 3.25. The second-order valence-electron chi connectivity index (χ2n) is 6.73. The Morgan fingerprint density at radius 2 is 1.81 bits per heavy atom. The maximum absolute atomic E-state index is 13.1.